The van der Waals surface area contributed by atoms with Gasteiger partial charge in [0.25, 0.3) is 11.8 Å². The third-order valence-corrected chi connectivity index (χ3v) is 6.50. The van der Waals surface area contributed by atoms with Crippen molar-refractivity contribution in [2.45, 2.75) is 97.9 Å². The molecule has 3 N–H and O–H groups in total. The van der Waals surface area contributed by atoms with Gasteiger partial charge in [-0.05, 0) is 50.2 Å². The standard InChI is InChI=1S/C27H42N2O5/c1-7-12-13-14-17-34-23(19(6)8-2)18-22-20(9-3)15-16-21(24(30)28-22)25(31)29-27(10-4,11-5)26(32)33/h9,16H,3,7-8,10-15,17-18H2,1-2,4-6H3,(H,28,30)(H,29,31)(H,32,33)/b23-19-. The monoisotopic (exact) mass is 474 g/mol. The van der Waals surface area contributed by atoms with Crippen molar-refractivity contribution in [1.29, 1.82) is 0 Å². The molecule has 0 aromatic heterocycles. The molecule has 0 bridgehead atoms. The molecular weight excluding hydrogens is 432 g/mol. The molecule has 0 spiro atoms. The number of ether oxygens (including phenoxy) is 1. The van der Waals surface area contributed by atoms with Gasteiger partial charge in [0.15, 0.2) is 0 Å². The fraction of sp³-hybridized carbons (Fsp3) is 0.593. The van der Waals surface area contributed by atoms with Crippen LogP contribution in [0.25, 0.3) is 0 Å². The molecule has 0 radical (unpaired) electrons. The van der Waals surface area contributed by atoms with Gasteiger partial charge in [-0.2, -0.15) is 0 Å². The summed E-state index contributed by atoms with van der Waals surface area (Å²) in [5.74, 6) is -1.55. The molecule has 1 aliphatic rings. The van der Waals surface area contributed by atoms with E-state index in [-0.39, 0.29) is 18.4 Å². The fourth-order valence-electron chi connectivity index (χ4n) is 3.75. The van der Waals surface area contributed by atoms with E-state index in [1.165, 1.54) is 12.5 Å². The van der Waals surface area contributed by atoms with Gasteiger partial charge in [-0.1, -0.05) is 65.7 Å². The Morgan fingerprint density at radius 1 is 1.21 bits per heavy atom. The van der Waals surface area contributed by atoms with E-state index in [1.54, 1.807) is 19.9 Å². The number of hydrogen-bond acceptors (Lipinski definition) is 4. The van der Waals surface area contributed by atoms with Gasteiger partial charge in [0.1, 0.15) is 16.9 Å². The van der Waals surface area contributed by atoms with Gasteiger partial charge in [0.2, 0.25) is 0 Å². The summed E-state index contributed by atoms with van der Waals surface area (Å²) in [6.07, 6.45) is 9.59. The maximum Gasteiger partial charge on any atom is 0.329 e. The Balaban J connectivity index is 3.06. The molecule has 190 valence electrons. The molecule has 1 aliphatic heterocycles. The van der Waals surface area contributed by atoms with Crippen molar-refractivity contribution in [2.75, 3.05) is 6.61 Å². The molecule has 7 heteroatoms. The van der Waals surface area contributed by atoms with E-state index in [9.17, 15) is 19.5 Å². The van der Waals surface area contributed by atoms with Crippen LogP contribution in [0.15, 0.2) is 46.9 Å². The highest BCUT2D eigenvalue weighted by molar-refractivity contribution is 6.19. The SMILES string of the molecule is C=CC1=C(C/C(OCCCCCC)=C(\C)CC)NC(=O)C(C(=O)NC(CC)(CC)C(=O)O)=CC1. The molecule has 2 amide bonds. The van der Waals surface area contributed by atoms with Crippen LogP contribution >= 0.6 is 0 Å². The van der Waals surface area contributed by atoms with Crippen molar-refractivity contribution < 1.29 is 24.2 Å². The quantitative estimate of drug-likeness (QED) is 0.170. The first-order valence-corrected chi connectivity index (χ1v) is 12.4. The summed E-state index contributed by atoms with van der Waals surface area (Å²) in [6, 6.07) is 0. The molecule has 1 rings (SSSR count). The van der Waals surface area contributed by atoms with Crippen molar-refractivity contribution in [3.63, 3.8) is 0 Å². The lowest BCUT2D eigenvalue weighted by Crippen LogP contribution is -2.54. The normalized spacial score (nSPS) is 15.1. The van der Waals surface area contributed by atoms with Gasteiger partial charge in [-0.3, -0.25) is 9.59 Å². The van der Waals surface area contributed by atoms with Gasteiger partial charge >= 0.3 is 5.97 Å². The Hall–Kier alpha value is -2.83. The number of amides is 2. The van der Waals surface area contributed by atoms with Crippen molar-refractivity contribution >= 4 is 17.8 Å². The summed E-state index contributed by atoms with van der Waals surface area (Å²) in [6.45, 7) is 14.1. The molecule has 0 saturated carbocycles. The van der Waals surface area contributed by atoms with E-state index < -0.39 is 23.3 Å². The molecular formula is C27H42N2O5. The highest BCUT2D eigenvalue weighted by atomic mass is 16.5. The fourth-order valence-corrected chi connectivity index (χ4v) is 3.75. The molecule has 1 heterocycles. The Bertz CT molecular complexity index is 847. The zero-order valence-electron chi connectivity index (χ0n) is 21.5. The predicted octanol–water partition coefficient (Wildman–Crippen LogP) is 5.30. The lowest BCUT2D eigenvalue weighted by Gasteiger charge is -2.28. The van der Waals surface area contributed by atoms with E-state index in [0.29, 0.717) is 25.1 Å². The highest BCUT2D eigenvalue weighted by Gasteiger charge is 2.38. The number of hydrogen-bond donors (Lipinski definition) is 3. The topological polar surface area (TPSA) is 105 Å². The molecule has 7 nitrogen and oxygen atoms in total. The van der Waals surface area contributed by atoms with Crippen LogP contribution in [0, 0.1) is 0 Å². The largest absolute Gasteiger partial charge is 0.498 e. The number of nitrogens with one attached hydrogen (secondary N) is 2. The first-order chi connectivity index (χ1) is 16.2. The number of allylic oxidation sites excluding steroid dienone is 4. The molecule has 34 heavy (non-hydrogen) atoms. The number of carboxylic acids is 1. The van der Waals surface area contributed by atoms with E-state index in [1.807, 2.05) is 6.92 Å². The van der Waals surface area contributed by atoms with Crippen LogP contribution in [0.4, 0.5) is 0 Å². The van der Waals surface area contributed by atoms with Crippen LogP contribution in [0.1, 0.15) is 92.4 Å². The zero-order chi connectivity index (χ0) is 25.7. The number of carbonyl (C=O) groups excluding carboxylic acids is 2. The summed E-state index contributed by atoms with van der Waals surface area (Å²) in [5.41, 5.74) is 1.03. The third kappa shape index (κ3) is 7.89. The van der Waals surface area contributed by atoms with Gasteiger partial charge in [0, 0.05) is 12.1 Å². The zero-order valence-corrected chi connectivity index (χ0v) is 21.5. The first-order valence-electron chi connectivity index (χ1n) is 12.4. The molecule has 0 saturated heterocycles. The molecule has 0 unspecified atom stereocenters. The third-order valence-electron chi connectivity index (χ3n) is 6.50. The minimum Gasteiger partial charge on any atom is -0.498 e. The van der Waals surface area contributed by atoms with Gasteiger partial charge < -0.3 is 20.5 Å². The van der Waals surface area contributed by atoms with Crippen LogP contribution in [-0.4, -0.2) is 35.0 Å². The van der Waals surface area contributed by atoms with Gasteiger partial charge in [-0.15, -0.1) is 0 Å². The average Bonchev–Trinajstić information content (AvgIpc) is 2.98. The molecule has 0 atom stereocenters. The maximum absolute atomic E-state index is 13.0. The predicted molar refractivity (Wildman–Crippen MR) is 135 cm³/mol. The van der Waals surface area contributed by atoms with Crippen molar-refractivity contribution in [2.24, 2.45) is 0 Å². The maximum atomic E-state index is 13.0. The summed E-state index contributed by atoms with van der Waals surface area (Å²) in [7, 11) is 0. The minimum atomic E-state index is -1.41. The van der Waals surface area contributed by atoms with Gasteiger partial charge in [0.05, 0.1) is 6.61 Å². The summed E-state index contributed by atoms with van der Waals surface area (Å²) in [4.78, 5) is 37.7. The average molecular weight is 475 g/mol. The second kappa shape index (κ2) is 14.4. The van der Waals surface area contributed by atoms with Crippen LogP contribution in [-0.2, 0) is 19.1 Å². The number of carbonyl (C=O) groups is 3. The molecule has 0 aliphatic carbocycles. The Labute approximate surface area is 204 Å². The molecule has 0 aromatic rings. The number of carboxylic acid groups (broad SMARTS) is 1. The van der Waals surface area contributed by atoms with Crippen LogP contribution in [0.3, 0.4) is 0 Å². The van der Waals surface area contributed by atoms with Crippen LogP contribution in [0.2, 0.25) is 0 Å². The second-order valence-electron chi connectivity index (χ2n) is 8.68. The Morgan fingerprint density at radius 3 is 2.41 bits per heavy atom. The smallest absolute Gasteiger partial charge is 0.329 e. The molecule has 0 aromatic carbocycles. The Morgan fingerprint density at radius 2 is 1.88 bits per heavy atom. The summed E-state index contributed by atoms with van der Waals surface area (Å²) >= 11 is 0. The minimum absolute atomic E-state index is 0.0971. The lowest BCUT2D eigenvalue weighted by atomic mass is 9.92. The number of unbranched alkanes of at least 4 members (excludes halogenated alkanes) is 3. The van der Waals surface area contributed by atoms with Gasteiger partial charge in [-0.25, -0.2) is 4.79 Å². The van der Waals surface area contributed by atoms with Crippen molar-refractivity contribution in [3.8, 4) is 0 Å². The van der Waals surface area contributed by atoms with E-state index >= 15 is 0 Å². The van der Waals surface area contributed by atoms with E-state index in [2.05, 4.69) is 31.1 Å². The van der Waals surface area contributed by atoms with E-state index in [4.69, 9.17) is 4.74 Å². The second-order valence-corrected chi connectivity index (χ2v) is 8.68. The first kappa shape index (κ1) is 29.2. The van der Waals surface area contributed by atoms with Crippen molar-refractivity contribution in [1.82, 2.24) is 10.6 Å². The van der Waals surface area contributed by atoms with Crippen LogP contribution in [0.5, 0.6) is 0 Å². The summed E-state index contributed by atoms with van der Waals surface area (Å²) in [5, 5.41) is 15.1. The number of aliphatic carboxylic acids is 1. The summed E-state index contributed by atoms with van der Waals surface area (Å²) < 4.78 is 6.11. The highest BCUT2D eigenvalue weighted by Crippen LogP contribution is 2.25. The van der Waals surface area contributed by atoms with Crippen molar-refractivity contribution in [3.05, 3.63) is 46.9 Å². The Kier molecular flexibility index (Phi) is 12.4. The number of rotatable bonds is 15. The molecule has 0 fully saturated rings. The lowest BCUT2D eigenvalue weighted by molar-refractivity contribution is -0.147. The van der Waals surface area contributed by atoms with Crippen LogP contribution < -0.4 is 10.6 Å². The van der Waals surface area contributed by atoms with E-state index in [0.717, 1.165) is 42.6 Å².